The third-order valence-corrected chi connectivity index (χ3v) is 8.67. The minimum atomic E-state index is -1.04. The van der Waals surface area contributed by atoms with Gasteiger partial charge in [0.1, 0.15) is 36.3 Å². The van der Waals surface area contributed by atoms with Gasteiger partial charge in [-0.05, 0) is 42.4 Å². The van der Waals surface area contributed by atoms with E-state index in [1.54, 1.807) is 12.1 Å². The van der Waals surface area contributed by atoms with E-state index in [1.807, 2.05) is 25.1 Å². The van der Waals surface area contributed by atoms with Crippen LogP contribution in [0.25, 0.3) is 0 Å². The van der Waals surface area contributed by atoms with Crippen molar-refractivity contribution < 1.29 is 38.3 Å². The predicted octanol–water partition coefficient (Wildman–Crippen LogP) is 4.79. The Balaban J connectivity index is 1.41. The second-order valence-corrected chi connectivity index (χ2v) is 11.1. The number of carbonyl (C=O) groups excluding carboxylic acids is 4. The average Bonchev–Trinajstić information content (AvgIpc) is 2.94. The van der Waals surface area contributed by atoms with Crippen molar-refractivity contribution in [3.63, 3.8) is 0 Å². The van der Waals surface area contributed by atoms with Crippen LogP contribution in [0.4, 0.5) is 10.5 Å². The molecule has 0 bridgehead atoms. The maximum Gasteiger partial charge on any atom is 0.508 e. The SMILES string of the molecule is CCCSC1=C(C(=O)OCc2ccccc2)N2C(=O)[C@H]([C@@H](C)OC(=O)OCc3ccc([N+](=O)[O-])cc3)[C@@H]2SC1=O. The van der Waals surface area contributed by atoms with Crippen LogP contribution < -0.4 is 0 Å². The van der Waals surface area contributed by atoms with Gasteiger partial charge in [-0.2, -0.15) is 0 Å². The lowest BCUT2D eigenvalue weighted by Gasteiger charge is -2.50. The number of fused-ring (bicyclic) bond motifs is 1. The molecule has 2 heterocycles. The number of carbonyl (C=O) groups is 4. The molecule has 2 aromatic carbocycles. The molecule has 1 fully saturated rings. The molecule has 4 rings (SSSR count). The molecule has 1 saturated heterocycles. The van der Waals surface area contributed by atoms with Crippen LogP contribution in [0.15, 0.2) is 65.2 Å². The van der Waals surface area contributed by atoms with Crippen LogP contribution >= 0.6 is 23.5 Å². The Morgan fingerprint density at radius 1 is 1.05 bits per heavy atom. The van der Waals surface area contributed by atoms with Crippen molar-refractivity contribution in [2.45, 2.75) is 45.0 Å². The molecule has 11 nitrogen and oxygen atoms in total. The van der Waals surface area contributed by atoms with E-state index < -0.39 is 40.4 Å². The molecule has 0 radical (unpaired) electrons. The van der Waals surface area contributed by atoms with Gasteiger partial charge in [0.2, 0.25) is 11.0 Å². The van der Waals surface area contributed by atoms with E-state index in [-0.39, 0.29) is 34.6 Å². The zero-order chi connectivity index (χ0) is 28.8. The normalized spacial score (nSPS) is 18.9. The summed E-state index contributed by atoms with van der Waals surface area (Å²) in [6.45, 7) is 3.24. The highest BCUT2D eigenvalue weighted by atomic mass is 32.2. The number of amides is 1. The third-order valence-electron chi connectivity index (χ3n) is 6.10. The number of esters is 1. The highest BCUT2D eigenvalue weighted by molar-refractivity contribution is 8.18. The molecule has 210 valence electrons. The number of β-lactam (4-membered cyclic amide) rings is 1. The molecule has 1 amide bonds. The molecule has 13 heteroatoms. The first-order chi connectivity index (χ1) is 19.2. The molecule has 3 atom stereocenters. The number of nitro groups is 1. The summed E-state index contributed by atoms with van der Waals surface area (Å²) < 4.78 is 15.9. The van der Waals surface area contributed by atoms with Crippen LogP contribution in [0.2, 0.25) is 0 Å². The third kappa shape index (κ3) is 6.48. The first-order valence-corrected chi connectivity index (χ1v) is 14.3. The van der Waals surface area contributed by atoms with E-state index in [2.05, 4.69) is 0 Å². The van der Waals surface area contributed by atoms with Gasteiger partial charge in [0.05, 0.1) is 9.83 Å². The number of nitro benzene ring substituents is 1. The number of benzene rings is 2. The quantitative estimate of drug-likeness (QED) is 0.155. The van der Waals surface area contributed by atoms with Crippen molar-refractivity contribution in [3.8, 4) is 0 Å². The summed E-state index contributed by atoms with van der Waals surface area (Å²) in [6.07, 6.45) is -1.24. The van der Waals surface area contributed by atoms with E-state index in [0.717, 1.165) is 23.7 Å². The molecule has 2 aliphatic heterocycles. The monoisotopic (exact) mass is 586 g/mol. The van der Waals surface area contributed by atoms with E-state index >= 15 is 0 Å². The van der Waals surface area contributed by atoms with Crippen molar-refractivity contribution in [3.05, 3.63) is 86.4 Å². The van der Waals surface area contributed by atoms with Crippen molar-refractivity contribution in [1.29, 1.82) is 0 Å². The van der Waals surface area contributed by atoms with Crippen LogP contribution in [0.1, 0.15) is 31.4 Å². The van der Waals surface area contributed by atoms with Gasteiger partial charge in [0.15, 0.2) is 0 Å². The second kappa shape index (κ2) is 13.0. The zero-order valence-electron chi connectivity index (χ0n) is 21.6. The summed E-state index contributed by atoms with van der Waals surface area (Å²) in [7, 11) is 0. The van der Waals surface area contributed by atoms with Crippen molar-refractivity contribution in [1.82, 2.24) is 4.90 Å². The summed E-state index contributed by atoms with van der Waals surface area (Å²) in [4.78, 5) is 63.5. The first-order valence-electron chi connectivity index (χ1n) is 12.4. The van der Waals surface area contributed by atoms with Gasteiger partial charge in [-0.15, -0.1) is 11.8 Å². The zero-order valence-corrected chi connectivity index (χ0v) is 23.3. The van der Waals surface area contributed by atoms with Crippen LogP contribution in [-0.4, -0.2) is 50.2 Å². The summed E-state index contributed by atoms with van der Waals surface area (Å²) in [5.41, 5.74) is 1.09. The summed E-state index contributed by atoms with van der Waals surface area (Å²) >= 11 is 2.11. The average molecular weight is 587 g/mol. The highest BCUT2D eigenvalue weighted by Crippen LogP contribution is 2.49. The highest BCUT2D eigenvalue weighted by Gasteiger charge is 2.58. The van der Waals surface area contributed by atoms with Crippen LogP contribution in [0.5, 0.6) is 0 Å². The minimum Gasteiger partial charge on any atom is -0.456 e. The Morgan fingerprint density at radius 2 is 1.70 bits per heavy atom. The minimum absolute atomic E-state index is 0.0214. The van der Waals surface area contributed by atoms with Gasteiger partial charge in [-0.1, -0.05) is 49.0 Å². The molecule has 0 aromatic heterocycles. The molecule has 2 aliphatic rings. The lowest BCUT2D eigenvalue weighted by Crippen LogP contribution is -2.65. The standard InChI is InChI=1S/C27H26N2O9S2/c1-3-13-39-22-21(25(31)36-14-17-7-5-4-6-8-17)28-23(30)20(24(28)40-26(22)32)16(2)38-27(33)37-15-18-9-11-19(12-10-18)29(34)35/h4-12,16,20,24H,3,13-15H2,1-2H3/t16-,20+,24+/m1/s1. The van der Waals surface area contributed by atoms with Crippen LogP contribution in [0.3, 0.4) is 0 Å². The molecule has 0 aliphatic carbocycles. The lowest BCUT2D eigenvalue weighted by atomic mass is 9.91. The maximum absolute atomic E-state index is 13.3. The number of rotatable bonds is 11. The van der Waals surface area contributed by atoms with Crippen molar-refractivity contribution >= 4 is 52.4 Å². The topological polar surface area (TPSA) is 142 Å². The molecular formula is C27H26N2O9S2. The number of hydrogen-bond acceptors (Lipinski definition) is 11. The number of thioether (sulfide) groups is 2. The van der Waals surface area contributed by atoms with Gasteiger partial charge < -0.3 is 14.2 Å². The Kier molecular flexibility index (Phi) is 9.48. The number of non-ortho nitro benzene ring substituents is 1. The first kappa shape index (κ1) is 29.2. The molecule has 0 spiro atoms. The van der Waals surface area contributed by atoms with Gasteiger partial charge in [0, 0.05) is 12.1 Å². The Morgan fingerprint density at radius 3 is 2.35 bits per heavy atom. The van der Waals surface area contributed by atoms with E-state index in [4.69, 9.17) is 14.2 Å². The van der Waals surface area contributed by atoms with E-state index in [1.165, 1.54) is 47.9 Å². The maximum atomic E-state index is 13.3. The van der Waals surface area contributed by atoms with Crippen molar-refractivity contribution in [2.75, 3.05) is 5.75 Å². The molecule has 0 saturated carbocycles. The fourth-order valence-corrected chi connectivity index (χ4v) is 6.47. The molecular weight excluding hydrogens is 560 g/mol. The largest absolute Gasteiger partial charge is 0.508 e. The summed E-state index contributed by atoms with van der Waals surface area (Å²) in [5, 5.41) is 9.68. The van der Waals surface area contributed by atoms with Gasteiger partial charge in [0.25, 0.3) is 5.69 Å². The van der Waals surface area contributed by atoms with E-state index in [9.17, 15) is 29.3 Å². The van der Waals surface area contributed by atoms with Crippen molar-refractivity contribution in [2.24, 2.45) is 5.92 Å². The summed E-state index contributed by atoms with van der Waals surface area (Å²) in [6, 6.07) is 14.5. The fourth-order valence-electron chi connectivity index (χ4n) is 4.08. The summed E-state index contributed by atoms with van der Waals surface area (Å²) in [5.74, 6) is -1.55. The Bertz CT molecular complexity index is 1330. The van der Waals surface area contributed by atoms with Gasteiger partial charge >= 0.3 is 12.1 Å². The number of ether oxygens (including phenoxy) is 3. The van der Waals surface area contributed by atoms with Crippen LogP contribution in [0, 0.1) is 16.0 Å². The van der Waals surface area contributed by atoms with Gasteiger partial charge in [-0.25, -0.2) is 9.59 Å². The lowest BCUT2D eigenvalue weighted by molar-refractivity contribution is -0.384. The van der Waals surface area contributed by atoms with Gasteiger partial charge in [-0.3, -0.25) is 24.6 Å². The Hall–Kier alpha value is -3.84. The Labute approximate surface area is 238 Å². The van der Waals surface area contributed by atoms with E-state index in [0.29, 0.717) is 11.3 Å². The smallest absolute Gasteiger partial charge is 0.456 e. The predicted molar refractivity (Wildman–Crippen MR) is 147 cm³/mol. The van der Waals surface area contributed by atoms with Crippen LogP contribution in [-0.2, 0) is 41.8 Å². The molecule has 40 heavy (non-hydrogen) atoms. The number of nitrogens with zero attached hydrogens (tertiary/aromatic N) is 2. The molecule has 2 aromatic rings. The second-order valence-electron chi connectivity index (χ2n) is 8.90. The molecule has 0 N–H and O–H groups in total. The number of hydrogen-bond donors (Lipinski definition) is 0. The fraction of sp³-hybridized carbons (Fsp3) is 0.333. The molecule has 0 unspecified atom stereocenters.